The summed E-state index contributed by atoms with van der Waals surface area (Å²) in [7, 11) is 0. The van der Waals surface area contributed by atoms with Crippen LogP contribution < -0.4 is 15.0 Å². The number of amides is 1. The van der Waals surface area contributed by atoms with E-state index in [9.17, 15) is 18.0 Å². The molecule has 0 radical (unpaired) electrons. The molecule has 3 rings (SSSR count). The van der Waals surface area contributed by atoms with E-state index in [0.717, 1.165) is 6.54 Å². The molecule has 0 bridgehead atoms. The number of anilines is 1. The highest BCUT2D eigenvalue weighted by molar-refractivity contribution is 5.98. The lowest BCUT2D eigenvalue weighted by Crippen LogP contribution is -2.30. The van der Waals surface area contributed by atoms with Crippen molar-refractivity contribution in [2.45, 2.75) is 6.36 Å². The van der Waals surface area contributed by atoms with Crippen molar-refractivity contribution in [2.75, 3.05) is 24.5 Å². The number of halogens is 3. The third-order valence-corrected chi connectivity index (χ3v) is 3.72. The Hall–Kier alpha value is -1.76. The van der Waals surface area contributed by atoms with Gasteiger partial charge in [0, 0.05) is 31.2 Å². The number of nitrogens with one attached hydrogen (secondary N) is 1. The van der Waals surface area contributed by atoms with Crippen molar-refractivity contribution in [3.8, 4) is 5.75 Å². The second-order valence-electron chi connectivity index (χ2n) is 5.02. The molecule has 0 aliphatic carbocycles. The van der Waals surface area contributed by atoms with Gasteiger partial charge in [-0.3, -0.25) is 4.79 Å². The van der Waals surface area contributed by atoms with Crippen LogP contribution in [0.5, 0.6) is 5.75 Å². The number of carbonyl (C=O) groups is 1. The van der Waals surface area contributed by atoms with Gasteiger partial charge in [0.15, 0.2) is 0 Å². The molecule has 1 amide bonds. The average Bonchev–Trinajstić information content (AvgIpc) is 2.92. The summed E-state index contributed by atoms with van der Waals surface area (Å²) in [5.41, 5.74) is 0.610. The second-order valence-corrected chi connectivity index (χ2v) is 5.02. The fourth-order valence-electron chi connectivity index (χ4n) is 2.80. The van der Waals surface area contributed by atoms with E-state index >= 15 is 0 Å². The van der Waals surface area contributed by atoms with Crippen LogP contribution in [0.4, 0.5) is 18.9 Å². The van der Waals surface area contributed by atoms with E-state index < -0.39 is 6.36 Å². The molecular weight excluding hydrogens is 273 g/mol. The van der Waals surface area contributed by atoms with E-state index in [1.807, 2.05) is 0 Å². The van der Waals surface area contributed by atoms with Crippen molar-refractivity contribution < 1.29 is 22.7 Å². The van der Waals surface area contributed by atoms with Gasteiger partial charge in [-0.15, -0.1) is 13.2 Å². The van der Waals surface area contributed by atoms with Crippen LogP contribution >= 0.6 is 0 Å². The SMILES string of the molecule is O=C1C2CNC[C@@H]2CN1c1ccc(OC(F)(F)F)cc1. The molecule has 1 N–H and O–H groups in total. The highest BCUT2D eigenvalue weighted by atomic mass is 19.4. The number of nitrogens with zero attached hydrogens (tertiary/aromatic N) is 1. The summed E-state index contributed by atoms with van der Waals surface area (Å²) < 4.78 is 40.0. The van der Waals surface area contributed by atoms with Gasteiger partial charge < -0.3 is 15.0 Å². The molecule has 2 saturated heterocycles. The maximum Gasteiger partial charge on any atom is 0.573 e. The van der Waals surface area contributed by atoms with Gasteiger partial charge in [0.25, 0.3) is 0 Å². The maximum atomic E-state index is 12.2. The Labute approximate surface area is 113 Å². The van der Waals surface area contributed by atoms with Crippen molar-refractivity contribution in [1.29, 1.82) is 0 Å². The van der Waals surface area contributed by atoms with Gasteiger partial charge in [-0.05, 0) is 24.3 Å². The van der Waals surface area contributed by atoms with Crippen LogP contribution in [-0.4, -0.2) is 31.9 Å². The van der Waals surface area contributed by atoms with Crippen molar-refractivity contribution in [1.82, 2.24) is 5.32 Å². The summed E-state index contributed by atoms with van der Waals surface area (Å²) >= 11 is 0. The van der Waals surface area contributed by atoms with Crippen molar-refractivity contribution in [3.63, 3.8) is 0 Å². The molecule has 2 atom stereocenters. The molecule has 1 unspecified atom stereocenters. The number of alkyl halides is 3. The Morgan fingerprint density at radius 2 is 1.90 bits per heavy atom. The largest absolute Gasteiger partial charge is 0.573 e. The number of ether oxygens (including phenoxy) is 1. The highest BCUT2D eigenvalue weighted by Crippen LogP contribution is 2.33. The van der Waals surface area contributed by atoms with E-state index in [1.165, 1.54) is 24.3 Å². The zero-order valence-electron chi connectivity index (χ0n) is 10.5. The number of hydrogen-bond acceptors (Lipinski definition) is 3. The maximum absolute atomic E-state index is 12.2. The molecule has 1 aromatic rings. The first kappa shape index (κ1) is 13.2. The first-order valence-electron chi connectivity index (χ1n) is 6.32. The smallest absolute Gasteiger partial charge is 0.406 e. The molecule has 0 spiro atoms. The minimum absolute atomic E-state index is 0.0129. The van der Waals surface area contributed by atoms with E-state index in [4.69, 9.17) is 0 Å². The van der Waals surface area contributed by atoms with Crippen LogP contribution in [0.3, 0.4) is 0 Å². The Morgan fingerprint density at radius 3 is 2.50 bits per heavy atom. The number of benzene rings is 1. The van der Waals surface area contributed by atoms with Crippen LogP contribution in [-0.2, 0) is 4.79 Å². The lowest BCUT2D eigenvalue weighted by atomic mass is 10.0. The molecule has 0 aromatic heterocycles. The van der Waals surface area contributed by atoms with Crippen molar-refractivity contribution in [3.05, 3.63) is 24.3 Å². The summed E-state index contributed by atoms with van der Waals surface area (Å²) in [6.07, 6.45) is -4.70. The van der Waals surface area contributed by atoms with Crippen LogP contribution in [0.1, 0.15) is 0 Å². The molecule has 2 aliphatic heterocycles. The standard InChI is InChI=1S/C13H13F3N2O2/c14-13(15,16)20-10-3-1-9(2-4-10)18-7-8-5-17-6-11(8)12(18)19/h1-4,8,11,17H,5-7H2/t8-,11?/m1/s1. The Morgan fingerprint density at radius 1 is 1.20 bits per heavy atom. The number of fused-ring (bicyclic) bond motifs is 1. The number of carbonyl (C=O) groups excluding carboxylic acids is 1. The molecule has 20 heavy (non-hydrogen) atoms. The quantitative estimate of drug-likeness (QED) is 0.901. The molecule has 108 valence electrons. The van der Waals surface area contributed by atoms with Gasteiger partial charge in [0.05, 0.1) is 5.92 Å². The number of rotatable bonds is 2. The second kappa shape index (κ2) is 4.66. The Kier molecular flexibility index (Phi) is 3.08. The molecule has 0 saturated carbocycles. The van der Waals surface area contributed by atoms with Crippen LogP contribution in [0, 0.1) is 11.8 Å². The summed E-state index contributed by atoms with van der Waals surface area (Å²) in [5.74, 6) is 0.0222. The number of hydrogen-bond donors (Lipinski definition) is 1. The van der Waals surface area contributed by atoms with Crippen molar-refractivity contribution in [2.24, 2.45) is 11.8 Å². The van der Waals surface area contributed by atoms with E-state index in [0.29, 0.717) is 18.8 Å². The minimum atomic E-state index is -4.70. The van der Waals surface area contributed by atoms with Gasteiger partial charge in [0.2, 0.25) is 5.91 Å². The lowest BCUT2D eigenvalue weighted by Gasteiger charge is -2.18. The fraction of sp³-hybridized carbons (Fsp3) is 0.462. The minimum Gasteiger partial charge on any atom is -0.406 e. The zero-order valence-corrected chi connectivity index (χ0v) is 10.5. The van der Waals surface area contributed by atoms with Crippen LogP contribution in [0.15, 0.2) is 24.3 Å². The van der Waals surface area contributed by atoms with Gasteiger partial charge in [-0.25, -0.2) is 0 Å². The average molecular weight is 286 g/mol. The van der Waals surface area contributed by atoms with E-state index in [2.05, 4.69) is 10.1 Å². The monoisotopic (exact) mass is 286 g/mol. The predicted octanol–water partition coefficient (Wildman–Crippen LogP) is 1.77. The zero-order chi connectivity index (χ0) is 14.3. The summed E-state index contributed by atoms with van der Waals surface area (Å²) in [6.45, 7) is 2.09. The van der Waals surface area contributed by atoms with E-state index in [1.54, 1.807) is 4.90 Å². The normalized spacial score (nSPS) is 25.9. The highest BCUT2D eigenvalue weighted by Gasteiger charge is 2.43. The topological polar surface area (TPSA) is 41.6 Å². The molecule has 2 aliphatic rings. The fourth-order valence-corrected chi connectivity index (χ4v) is 2.80. The molecular formula is C13H13F3N2O2. The summed E-state index contributed by atoms with van der Waals surface area (Å²) in [5, 5.41) is 3.17. The third-order valence-electron chi connectivity index (χ3n) is 3.72. The van der Waals surface area contributed by atoms with Gasteiger partial charge in [0.1, 0.15) is 5.75 Å². The molecule has 7 heteroatoms. The molecule has 4 nitrogen and oxygen atoms in total. The first-order valence-corrected chi connectivity index (χ1v) is 6.32. The Bertz CT molecular complexity index is 515. The first-order chi connectivity index (χ1) is 9.44. The van der Waals surface area contributed by atoms with Crippen molar-refractivity contribution >= 4 is 11.6 Å². The Balaban J connectivity index is 1.74. The predicted molar refractivity (Wildman–Crippen MR) is 65.3 cm³/mol. The molecule has 2 fully saturated rings. The summed E-state index contributed by atoms with van der Waals surface area (Å²) in [4.78, 5) is 13.8. The van der Waals surface area contributed by atoms with Crippen LogP contribution in [0.25, 0.3) is 0 Å². The molecule has 2 heterocycles. The van der Waals surface area contributed by atoms with Gasteiger partial charge in [-0.2, -0.15) is 0 Å². The lowest BCUT2D eigenvalue weighted by molar-refractivity contribution is -0.274. The van der Waals surface area contributed by atoms with Gasteiger partial charge in [-0.1, -0.05) is 0 Å². The summed E-state index contributed by atoms with van der Waals surface area (Å²) in [6, 6.07) is 5.41. The molecule has 1 aromatic carbocycles. The van der Waals surface area contributed by atoms with Gasteiger partial charge >= 0.3 is 6.36 Å². The third kappa shape index (κ3) is 2.45. The van der Waals surface area contributed by atoms with Crippen LogP contribution in [0.2, 0.25) is 0 Å². The van der Waals surface area contributed by atoms with E-state index in [-0.39, 0.29) is 23.5 Å².